The van der Waals surface area contributed by atoms with E-state index < -0.39 is 0 Å². The van der Waals surface area contributed by atoms with E-state index in [1.165, 1.54) is 6.07 Å². The molecule has 0 fully saturated rings. The first kappa shape index (κ1) is 12.2. The molecule has 0 saturated heterocycles. The molecule has 0 atom stereocenters. The van der Waals surface area contributed by atoms with Gasteiger partial charge in [0, 0.05) is 18.6 Å². The zero-order valence-corrected chi connectivity index (χ0v) is 10.5. The number of pyridine rings is 2. The van der Waals surface area contributed by atoms with Crippen LogP contribution in [0.1, 0.15) is 16.2 Å². The van der Waals surface area contributed by atoms with Gasteiger partial charge in [-0.25, -0.2) is 4.98 Å². The van der Waals surface area contributed by atoms with E-state index in [4.69, 9.17) is 0 Å². The standard InChI is InChI=1S/C14H12N4O2/c19-12-5-3-7-18-9-11(17-13(12)18)14(20)16-8-10-4-1-2-6-15-10/h1-7,9,19H,8H2,(H,16,20). The predicted octanol–water partition coefficient (Wildman–Crippen LogP) is 1.36. The Balaban J connectivity index is 1.77. The van der Waals surface area contributed by atoms with E-state index >= 15 is 0 Å². The zero-order chi connectivity index (χ0) is 13.9. The number of amides is 1. The quantitative estimate of drug-likeness (QED) is 0.751. The van der Waals surface area contributed by atoms with Crippen LogP contribution in [0.25, 0.3) is 5.65 Å². The van der Waals surface area contributed by atoms with Crippen LogP contribution in [-0.4, -0.2) is 25.4 Å². The molecule has 2 N–H and O–H groups in total. The smallest absolute Gasteiger partial charge is 0.271 e. The fourth-order valence-corrected chi connectivity index (χ4v) is 1.87. The minimum atomic E-state index is -0.307. The fraction of sp³-hybridized carbons (Fsp3) is 0.0714. The average molecular weight is 268 g/mol. The third kappa shape index (κ3) is 2.31. The number of aromatic hydroxyl groups is 1. The Morgan fingerprint density at radius 2 is 2.20 bits per heavy atom. The molecule has 0 radical (unpaired) electrons. The number of carbonyl (C=O) groups excluding carboxylic acids is 1. The summed E-state index contributed by atoms with van der Waals surface area (Å²) in [5.41, 5.74) is 1.38. The number of carbonyl (C=O) groups is 1. The van der Waals surface area contributed by atoms with Gasteiger partial charge in [0.15, 0.2) is 11.4 Å². The lowest BCUT2D eigenvalue weighted by Crippen LogP contribution is -2.23. The molecular formula is C14H12N4O2. The summed E-state index contributed by atoms with van der Waals surface area (Å²) in [7, 11) is 0. The molecule has 0 aliphatic carbocycles. The van der Waals surface area contributed by atoms with Gasteiger partial charge in [0.1, 0.15) is 5.69 Å². The second-order valence-corrected chi connectivity index (χ2v) is 4.25. The summed E-state index contributed by atoms with van der Waals surface area (Å²) in [4.78, 5) is 20.2. The molecule has 0 aliphatic heterocycles. The summed E-state index contributed by atoms with van der Waals surface area (Å²) >= 11 is 0. The highest BCUT2D eigenvalue weighted by atomic mass is 16.3. The van der Waals surface area contributed by atoms with E-state index in [1.807, 2.05) is 18.2 Å². The van der Waals surface area contributed by atoms with E-state index in [2.05, 4.69) is 15.3 Å². The van der Waals surface area contributed by atoms with E-state index in [1.54, 1.807) is 29.1 Å². The van der Waals surface area contributed by atoms with Crippen LogP contribution in [0.3, 0.4) is 0 Å². The monoisotopic (exact) mass is 268 g/mol. The Kier molecular flexibility index (Phi) is 3.04. The maximum atomic E-state index is 12.0. The Bertz CT molecular complexity index is 752. The van der Waals surface area contributed by atoms with Crippen LogP contribution in [0.15, 0.2) is 48.9 Å². The lowest BCUT2D eigenvalue weighted by molar-refractivity contribution is 0.0946. The van der Waals surface area contributed by atoms with Crippen molar-refractivity contribution in [3.05, 3.63) is 60.3 Å². The van der Waals surface area contributed by atoms with Crippen molar-refractivity contribution in [1.82, 2.24) is 19.7 Å². The van der Waals surface area contributed by atoms with E-state index in [0.29, 0.717) is 12.2 Å². The Morgan fingerprint density at radius 1 is 1.30 bits per heavy atom. The van der Waals surface area contributed by atoms with Crippen LogP contribution < -0.4 is 5.32 Å². The molecule has 3 heterocycles. The van der Waals surface area contributed by atoms with Crippen molar-refractivity contribution >= 4 is 11.6 Å². The molecule has 0 aromatic carbocycles. The topological polar surface area (TPSA) is 79.5 Å². The highest BCUT2D eigenvalue weighted by Crippen LogP contribution is 2.16. The molecular weight excluding hydrogens is 256 g/mol. The summed E-state index contributed by atoms with van der Waals surface area (Å²) in [6.45, 7) is 0.333. The lowest BCUT2D eigenvalue weighted by atomic mass is 10.3. The number of nitrogens with zero attached hydrogens (tertiary/aromatic N) is 3. The molecule has 0 aliphatic rings. The van der Waals surface area contributed by atoms with Gasteiger partial charge in [0.25, 0.3) is 5.91 Å². The van der Waals surface area contributed by atoms with Crippen LogP contribution >= 0.6 is 0 Å². The van der Waals surface area contributed by atoms with Gasteiger partial charge in [-0.1, -0.05) is 6.07 Å². The molecule has 0 spiro atoms. The molecule has 3 aromatic rings. The maximum absolute atomic E-state index is 12.0. The van der Waals surface area contributed by atoms with Gasteiger partial charge in [0.2, 0.25) is 0 Å². The van der Waals surface area contributed by atoms with Crippen molar-refractivity contribution in [3.8, 4) is 5.75 Å². The summed E-state index contributed by atoms with van der Waals surface area (Å²) in [5.74, 6) is -0.268. The van der Waals surface area contributed by atoms with Crippen molar-refractivity contribution in [3.63, 3.8) is 0 Å². The normalized spacial score (nSPS) is 10.6. The highest BCUT2D eigenvalue weighted by molar-refractivity contribution is 5.93. The van der Waals surface area contributed by atoms with Crippen LogP contribution in [0.4, 0.5) is 0 Å². The number of hydrogen-bond donors (Lipinski definition) is 2. The summed E-state index contributed by atoms with van der Waals surface area (Å²) in [6, 6.07) is 8.71. The summed E-state index contributed by atoms with van der Waals surface area (Å²) in [5, 5.41) is 12.4. The van der Waals surface area contributed by atoms with Gasteiger partial charge in [-0.15, -0.1) is 0 Å². The number of nitrogens with one attached hydrogen (secondary N) is 1. The van der Waals surface area contributed by atoms with Crippen molar-refractivity contribution in [2.75, 3.05) is 0 Å². The van der Waals surface area contributed by atoms with Crippen LogP contribution in [0.5, 0.6) is 5.75 Å². The largest absolute Gasteiger partial charge is 0.504 e. The Morgan fingerprint density at radius 3 is 2.95 bits per heavy atom. The Hall–Kier alpha value is -2.89. The maximum Gasteiger partial charge on any atom is 0.271 e. The molecule has 3 rings (SSSR count). The molecule has 100 valence electrons. The molecule has 6 nitrogen and oxygen atoms in total. The van der Waals surface area contributed by atoms with Crippen molar-refractivity contribution < 1.29 is 9.90 Å². The number of rotatable bonds is 3. The van der Waals surface area contributed by atoms with Gasteiger partial charge in [-0.3, -0.25) is 9.78 Å². The summed E-state index contributed by atoms with van der Waals surface area (Å²) < 4.78 is 1.60. The highest BCUT2D eigenvalue weighted by Gasteiger charge is 2.12. The van der Waals surface area contributed by atoms with Crippen LogP contribution in [-0.2, 0) is 6.54 Å². The van der Waals surface area contributed by atoms with Crippen molar-refractivity contribution in [1.29, 1.82) is 0 Å². The SMILES string of the molecule is O=C(NCc1ccccn1)c1cn2cccc(O)c2n1. The molecule has 0 saturated carbocycles. The first-order chi connectivity index (χ1) is 9.74. The summed E-state index contributed by atoms with van der Waals surface area (Å²) in [6.07, 6.45) is 4.96. The third-order valence-electron chi connectivity index (χ3n) is 2.85. The van der Waals surface area contributed by atoms with Gasteiger partial charge in [-0.05, 0) is 24.3 Å². The first-order valence-electron chi connectivity index (χ1n) is 6.09. The van der Waals surface area contributed by atoms with Gasteiger partial charge < -0.3 is 14.8 Å². The van der Waals surface area contributed by atoms with Gasteiger partial charge in [-0.2, -0.15) is 0 Å². The molecule has 0 unspecified atom stereocenters. The van der Waals surface area contributed by atoms with E-state index in [9.17, 15) is 9.90 Å². The van der Waals surface area contributed by atoms with Crippen molar-refractivity contribution in [2.24, 2.45) is 0 Å². The number of aromatic nitrogens is 3. The number of hydrogen-bond acceptors (Lipinski definition) is 4. The molecule has 6 heteroatoms. The number of fused-ring (bicyclic) bond motifs is 1. The third-order valence-corrected chi connectivity index (χ3v) is 2.85. The predicted molar refractivity (Wildman–Crippen MR) is 72.3 cm³/mol. The van der Waals surface area contributed by atoms with Gasteiger partial charge >= 0.3 is 0 Å². The van der Waals surface area contributed by atoms with Crippen LogP contribution in [0, 0.1) is 0 Å². The first-order valence-corrected chi connectivity index (χ1v) is 6.09. The molecule has 1 amide bonds. The lowest BCUT2D eigenvalue weighted by Gasteiger charge is -2.01. The average Bonchev–Trinajstić information content (AvgIpc) is 2.91. The fourth-order valence-electron chi connectivity index (χ4n) is 1.87. The molecule has 20 heavy (non-hydrogen) atoms. The molecule has 0 bridgehead atoms. The van der Waals surface area contributed by atoms with Crippen LogP contribution in [0.2, 0.25) is 0 Å². The Labute approximate surface area is 114 Å². The van der Waals surface area contributed by atoms with Crippen molar-refractivity contribution in [2.45, 2.75) is 6.54 Å². The minimum Gasteiger partial charge on any atom is -0.504 e. The number of imidazole rings is 1. The zero-order valence-electron chi connectivity index (χ0n) is 10.5. The second-order valence-electron chi connectivity index (χ2n) is 4.25. The second kappa shape index (κ2) is 5.00. The van der Waals surface area contributed by atoms with E-state index in [-0.39, 0.29) is 17.4 Å². The van der Waals surface area contributed by atoms with E-state index in [0.717, 1.165) is 5.69 Å². The molecule has 3 aromatic heterocycles. The minimum absolute atomic E-state index is 0.0382. The van der Waals surface area contributed by atoms with Gasteiger partial charge in [0.05, 0.1) is 12.2 Å².